The van der Waals surface area contributed by atoms with Crippen LogP contribution in [0.2, 0.25) is 0 Å². The predicted octanol–water partition coefficient (Wildman–Crippen LogP) is 2.13. The summed E-state index contributed by atoms with van der Waals surface area (Å²) in [6, 6.07) is 5.92. The van der Waals surface area contributed by atoms with Crippen molar-refractivity contribution >= 4 is 6.29 Å². The first-order valence-corrected chi connectivity index (χ1v) is 4.48. The third-order valence-corrected chi connectivity index (χ3v) is 2.14. The molecule has 0 amide bonds. The number of benzene rings is 1. The zero-order valence-electron chi connectivity index (χ0n) is 8.14. The number of hydrogen-bond donors (Lipinski definition) is 0. The molecule has 0 aliphatic carbocycles. The maximum atomic E-state index is 12.7. The molecule has 2 aromatic rings. The average Bonchev–Trinajstić information content (AvgIpc) is 2.61. The molecule has 4 heteroatoms. The standard InChI is InChI=1S/C11H9FN2O/c1-8-6-14(13-11(8)7-15)10-4-2-9(12)3-5-10/h2-7H,1H3. The van der Waals surface area contributed by atoms with Crippen LogP contribution < -0.4 is 0 Å². The van der Waals surface area contributed by atoms with Crippen LogP contribution in [0.3, 0.4) is 0 Å². The van der Waals surface area contributed by atoms with Crippen LogP contribution in [-0.2, 0) is 0 Å². The smallest absolute Gasteiger partial charge is 0.170 e. The summed E-state index contributed by atoms with van der Waals surface area (Å²) >= 11 is 0. The van der Waals surface area contributed by atoms with Crippen molar-refractivity contribution in [3.8, 4) is 5.69 Å². The summed E-state index contributed by atoms with van der Waals surface area (Å²) < 4.78 is 14.2. The van der Waals surface area contributed by atoms with E-state index in [-0.39, 0.29) is 5.82 Å². The van der Waals surface area contributed by atoms with Crippen LogP contribution in [0.4, 0.5) is 4.39 Å². The second kappa shape index (κ2) is 3.65. The Hall–Kier alpha value is -1.97. The van der Waals surface area contributed by atoms with Crippen molar-refractivity contribution < 1.29 is 9.18 Å². The number of hydrogen-bond acceptors (Lipinski definition) is 2. The van der Waals surface area contributed by atoms with Gasteiger partial charge >= 0.3 is 0 Å². The fourth-order valence-corrected chi connectivity index (χ4v) is 1.32. The number of nitrogens with zero attached hydrogens (tertiary/aromatic N) is 2. The molecule has 1 heterocycles. The SMILES string of the molecule is Cc1cn(-c2ccc(F)cc2)nc1C=O. The maximum Gasteiger partial charge on any atom is 0.170 e. The van der Waals surface area contributed by atoms with Crippen LogP contribution in [0, 0.1) is 12.7 Å². The van der Waals surface area contributed by atoms with E-state index in [4.69, 9.17) is 0 Å². The van der Waals surface area contributed by atoms with Gasteiger partial charge in [-0.2, -0.15) is 5.10 Å². The molecular formula is C11H9FN2O. The normalized spacial score (nSPS) is 10.3. The summed E-state index contributed by atoms with van der Waals surface area (Å²) in [6.07, 6.45) is 2.44. The number of aldehydes is 1. The zero-order chi connectivity index (χ0) is 10.8. The molecule has 76 valence electrons. The van der Waals surface area contributed by atoms with Gasteiger partial charge in [-0.1, -0.05) is 0 Å². The first kappa shape index (κ1) is 9.58. The highest BCUT2D eigenvalue weighted by Gasteiger charge is 2.04. The molecule has 1 aromatic heterocycles. The van der Waals surface area contributed by atoms with E-state index in [1.54, 1.807) is 29.9 Å². The zero-order valence-corrected chi connectivity index (χ0v) is 8.14. The molecule has 0 spiro atoms. The number of halogens is 1. The van der Waals surface area contributed by atoms with Gasteiger partial charge in [0.15, 0.2) is 6.29 Å². The third-order valence-electron chi connectivity index (χ3n) is 2.14. The summed E-state index contributed by atoms with van der Waals surface area (Å²) in [5, 5.41) is 4.05. The highest BCUT2D eigenvalue weighted by Crippen LogP contribution is 2.11. The highest BCUT2D eigenvalue weighted by molar-refractivity contribution is 5.73. The molecule has 0 saturated carbocycles. The Morgan fingerprint density at radius 1 is 1.33 bits per heavy atom. The Kier molecular flexibility index (Phi) is 2.33. The largest absolute Gasteiger partial charge is 0.296 e. The van der Waals surface area contributed by atoms with E-state index < -0.39 is 0 Å². The van der Waals surface area contributed by atoms with Gasteiger partial charge in [0.05, 0.1) is 5.69 Å². The van der Waals surface area contributed by atoms with Crippen LogP contribution in [-0.4, -0.2) is 16.1 Å². The molecule has 0 bridgehead atoms. The highest BCUT2D eigenvalue weighted by atomic mass is 19.1. The summed E-state index contributed by atoms with van der Waals surface area (Å²) in [4.78, 5) is 10.6. The van der Waals surface area contributed by atoms with E-state index >= 15 is 0 Å². The lowest BCUT2D eigenvalue weighted by atomic mass is 10.3. The van der Waals surface area contributed by atoms with Crippen molar-refractivity contribution in [3.63, 3.8) is 0 Å². The average molecular weight is 204 g/mol. The van der Waals surface area contributed by atoms with Gasteiger partial charge in [0.1, 0.15) is 11.5 Å². The molecule has 0 fully saturated rings. The number of rotatable bonds is 2. The van der Waals surface area contributed by atoms with Gasteiger partial charge in [-0.15, -0.1) is 0 Å². The molecule has 1 aromatic carbocycles. The van der Waals surface area contributed by atoms with Crippen molar-refractivity contribution in [1.29, 1.82) is 0 Å². The van der Waals surface area contributed by atoms with Gasteiger partial charge in [0.2, 0.25) is 0 Å². The van der Waals surface area contributed by atoms with Crippen molar-refractivity contribution in [1.82, 2.24) is 9.78 Å². The summed E-state index contributed by atoms with van der Waals surface area (Å²) in [7, 11) is 0. The second-order valence-electron chi connectivity index (χ2n) is 3.24. The van der Waals surface area contributed by atoms with E-state index in [9.17, 15) is 9.18 Å². The molecule has 0 atom stereocenters. The van der Waals surface area contributed by atoms with Gasteiger partial charge < -0.3 is 0 Å². The lowest BCUT2D eigenvalue weighted by Gasteiger charge is -1.99. The van der Waals surface area contributed by atoms with E-state index in [1.165, 1.54) is 12.1 Å². The molecule has 0 radical (unpaired) electrons. The predicted molar refractivity (Wildman–Crippen MR) is 53.6 cm³/mol. The molecular weight excluding hydrogens is 195 g/mol. The van der Waals surface area contributed by atoms with Crippen LogP contribution in [0.1, 0.15) is 16.1 Å². The molecule has 0 saturated heterocycles. The first-order chi connectivity index (χ1) is 7.20. The summed E-state index contributed by atoms with van der Waals surface area (Å²) in [5.74, 6) is -0.293. The Morgan fingerprint density at radius 3 is 2.53 bits per heavy atom. The van der Waals surface area contributed by atoms with E-state index in [0.29, 0.717) is 12.0 Å². The number of aromatic nitrogens is 2. The first-order valence-electron chi connectivity index (χ1n) is 4.48. The minimum absolute atomic E-state index is 0.293. The molecule has 0 unspecified atom stereocenters. The van der Waals surface area contributed by atoms with Crippen molar-refractivity contribution in [2.75, 3.05) is 0 Å². The third kappa shape index (κ3) is 1.79. The Balaban J connectivity index is 2.45. The van der Waals surface area contributed by atoms with Gasteiger partial charge in [0.25, 0.3) is 0 Å². The van der Waals surface area contributed by atoms with Crippen molar-refractivity contribution in [2.24, 2.45) is 0 Å². The van der Waals surface area contributed by atoms with Crippen LogP contribution in [0.15, 0.2) is 30.5 Å². The van der Waals surface area contributed by atoms with Gasteiger partial charge in [-0.05, 0) is 36.8 Å². The lowest BCUT2D eigenvalue weighted by molar-refractivity contribution is 0.111. The Labute approximate surface area is 86.2 Å². The molecule has 3 nitrogen and oxygen atoms in total. The molecule has 15 heavy (non-hydrogen) atoms. The minimum Gasteiger partial charge on any atom is -0.296 e. The Bertz CT molecular complexity index is 488. The van der Waals surface area contributed by atoms with Crippen LogP contribution in [0.5, 0.6) is 0 Å². The van der Waals surface area contributed by atoms with E-state index in [2.05, 4.69) is 5.10 Å². The van der Waals surface area contributed by atoms with E-state index in [1.807, 2.05) is 0 Å². The minimum atomic E-state index is -0.293. The summed E-state index contributed by atoms with van der Waals surface area (Å²) in [6.45, 7) is 1.80. The van der Waals surface area contributed by atoms with Gasteiger partial charge in [0, 0.05) is 6.20 Å². The monoisotopic (exact) mass is 204 g/mol. The van der Waals surface area contributed by atoms with Crippen LogP contribution >= 0.6 is 0 Å². The quantitative estimate of drug-likeness (QED) is 0.702. The fourth-order valence-electron chi connectivity index (χ4n) is 1.32. The second-order valence-corrected chi connectivity index (χ2v) is 3.24. The van der Waals surface area contributed by atoms with Crippen molar-refractivity contribution in [2.45, 2.75) is 6.92 Å². The summed E-state index contributed by atoms with van der Waals surface area (Å²) in [5.41, 5.74) is 1.93. The van der Waals surface area contributed by atoms with Gasteiger partial charge in [-0.25, -0.2) is 9.07 Å². The topological polar surface area (TPSA) is 34.9 Å². The Morgan fingerprint density at radius 2 is 2.00 bits per heavy atom. The lowest BCUT2D eigenvalue weighted by Crippen LogP contribution is -1.95. The number of carbonyl (C=O) groups is 1. The molecule has 2 rings (SSSR count). The van der Waals surface area contributed by atoms with Crippen molar-refractivity contribution in [3.05, 3.63) is 47.5 Å². The van der Waals surface area contributed by atoms with E-state index in [0.717, 1.165) is 11.3 Å². The molecule has 0 aliphatic rings. The molecule has 0 aliphatic heterocycles. The van der Waals surface area contributed by atoms with Crippen LogP contribution in [0.25, 0.3) is 5.69 Å². The molecule has 0 N–H and O–H groups in total. The maximum absolute atomic E-state index is 12.7. The fraction of sp³-hybridized carbons (Fsp3) is 0.0909. The van der Waals surface area contributed by atoms with Gasteiger partial charge in [-0.3, -0.25) is 4.79 Å². The number of carbonyl (C=O) groups excluding carboxylic acids is 1. The number of aryl methyl sites for hydroxylation is 1.